The summed E-state index contributed by atoms with van der Waals surface area (Å²) in [5.74, 6) is -3.49. The van der Waals surface area contributed by atoms with Crippen molar-refractivity contribution in [1.82, 2.24) is 14.5 Å². The van der Waals surface area contributed by atoms with Gasteiger partial charge in [0.25, 0.3) is 0 Å². The number of carbonyl (C=O) groups is 1. The molecule has 2 N–H and O–H groups in total. The molecule has 8 nitrogen and oxygen atoms in total. The molecule has 2 aliphatic heterocycles. The number of amides is 1. The number of nitrogens with zero attached hydrogens (tertiary/aromatic N) is 3. The van der Waals surface area contributed by atoms with Gasteiger partial charge in [0, 0.05) is 42.5 Å². The smallest absolute Gasteiger partial charge is 0.444 e. The van der Waals surface area contributed by atoms with Gasteiger partial charge in [0.1, 0.15) is 11.3 Å². The monoisotopic (exact) mass is 608 g/mol. The summed E-state index contributed by atoms with van der Waals surface area (Å²) in [5.41, 5.74) is 6.24. The van der Waals surface area contributed by atoms with Crippen LogP contribution in [0.4, 0.5) is 32.4 Å². The van der Waals surface area contributed by atoms with Crippen LogP contribution in [0, 0.1) is 23.5 Å². The van der Waals surface area contributed by atoms with Gasteiger partial charge in [-0.25, -0.2) is 18.6 Å². The van der Waals surface area contributed by atoms with Crippen LogP contribution >= 0.6 is 0 Å². The van der Waals surface area contributed by atoms with E-state index in [-0.39, 0.29) is 47.6 Å². The van der Waals surface area contributed by atoms with E-state index in [1.165, 1.54) is 0 Å². The minimum absolute atomic E-state index is 0.0117. The Morgan fingerprint density at radius 2 is 1.81 bits per heavy atom. The third-order valence-electron chi connectivity index (χ3n) is 8.28. The van der Waals surface area contributed by atoms with Crippen molar-refractivity contribution in [3.63, 3.8) is 0 Å². The van der Waals surface area contributed by atoms with Gasteiger partial charge < -0.3 is 29.4 Å². The summed E-state index contributed by atoms with van der Waals surface area (Å²) in [5, 5.41) is 0.586. The first-order chi connectivity index (χ1) is 20.1. The molecule has 0 bridgehead atoms. The number of aromatic nitrogens is 2. The van der Waals surface area contributed by atoms with Crippen LogP contribution in [0.1, 0.15) is 63.4 Å². The highest BCUT2D eigenvalue weighted by Crippen LogP contribution is 2.61. The highest BCUT2D eigenvalue weighted by Gasteiger charge is 2.59. The molecule has 1 saturated heterocycles. The number of nitrogens with two attached hydrogens (primary N) is 1. The topological polar surface area (TPSA) is 91.8 Å². The zero-order chi connectivity index (χ0) is 31.2. The lowest BCUT2D eigenvalue weighted by Crippen LogP contribution is -2.37. The number of likely N-dealkylation sites (tertiary alicyclic amines) is 1. The maximum atomic E-state index is 16.7. The Balaban J connectivity index is 1.50. The van der Waals surface area contributed by atoms with Crippen molar-refractivity contribution in [1.29, 1.82) is 0 Å². The van der Waals surface area contributed by atoms with Crippen LogP contribution in [0.25, 0.3) is 22.2 Å². The average molecular weight is 609 g/mol. The van der Waals surface area contributed by atoms with Crippen LogP contribution in [0.3, 0.4) is 0 Å². The van der Waals surface area contributed by atoms with Gasteiger partial charge in [-0.05, 0) is 56.1 Å². The van der Waals surface area contributed by atoms with Gasteiger partial charge >= 0.3 is 12.5 Å². The predicted molar refractivity (Wildman–Crippen MR) is 147 cm³/mol. The molecule has 6 rings (SSSR count). The van der Waals surface area contributed by atoms with E-state index in [4.69, 9.17) is 15.2 Å². The Morgan fingerprint density at radius 3 is 2.42 bits per heavy atom. The summed E-state index contributed by atoms with van der Waals surface area (Å²) in [4.78, 5) is 18.9. The quantitative estimate of drug-likeness (QED) is 0.262. The van der Waals surface area contributed by atoms with Gasteiger partial charge in [0.05, 0.1) is 30.0 Å². The molecule has 1 aliphatic carbocycles. The lowest BCUT2D eigenvalue weighted by molar-refractivity contribution is -0.275. The number of hydrogen-bond donors (Lipinski definition) is 1. The van der Waals surface area contributed by atoms with Crippen LogP contribution in [0.5, 0.6) is 5.75 Å². The lowest BCUT2D eigenvalue weighted by atomic mass is 9.95. The van der Waals surface area contributed by atoms with E-state index in [0.717, 1.165) is 17.3 Å². The second kappa shape index (κ2) is 9.96. The fourth-order valence-electron chi connectivity index (χ4n) is 6.63. The summed E-state index contributed by atoms with van der Waals surface area (Å²) in [7, 11) is 0. The number of benzene rings is 1. The number of rotatable bonds is 4. The highest BCUT2D eigenvalue weighted by atomic mass is 19.4. The molecule has 0 spiro atoms. The van der Waals surface area contributed by atoms with E-state index in [1.807, 2.05) is 34.6 Å². The minimum Gasteiger partial charge on any atom is -0.444 e. The van der Waals surface area contributed by atoms with Crippen LogP contribution in [-0.2, 0) is 22.6 Å². The van der Waals surface area contributed by atoms with Gasteiger partial charge in [-0.1, -0.05) is 13.8 Å². The SMILES string of the molecule is CC(C)c1nc(-c2cc(N)cc(F)c2OC(F)(F)F)c(F)c2c1c(C1C3CN(C(=O)OC(C)(C)C)CC31)c1n2CCOC1. The van der Waals surface area contributed by atoms with E-state index in [0.29, 0.717) is 43.4 Å². The third-order valence-corrected chi connectivity index (χ3v) is 8.28. The summed E-state index contributed by atoms with van der Waals surface area (Å²) < 4.78 is 88.5. The largest absolute Gasteiger partial charge is 0.573 e. The number of hydrogen-bond acceptors (Lipinski definition) is 6. The zero-order valence-corrected chi connectivity index (χ0v) is 24.4. The van der Waals surface area contributed by atoms with Crippen LogP contribution in [-0.4, -0.2) is 52.2 Å². The van der Waals surface area contributed by atoms with Crippen molar-refractivity contribution in [3.05, 3.63) is 40.7 Å². The lowest BCUT2D eigenvalue weighted by Gasteiger charge is -2.26. The Kier molecular flexibility index (Phi) is 6.83. The molecule has 2 aromatic heterocycles. The van der Waals surface area contributed by atoms with Gasteiger partial charge in [0.2, 0.25) is 0 Å². The van der Waals surface area contributed by atoms with Gasteiger partial charge in [-0.3, -0.25) is 0 Å². The summed E-state index contributed by atoms with van der Waals surface area (Å²) in [6, 6.07) is 1.72. The first-order valence-electron chi connectivity index (χ1n) is 14.2. The molecule has 1 amide bonds. The Hall–Kier alpha value is -3.61. The Labute approximate surface area is 244 Å². The van der Waals surface area contributed by atoms with Crippen LogP contribution in [0.2, 0.25) is 0 Å². The molecule has 2 unspecified atom stereocenters. The molecule has 2 fully saturated rings. The van der Waals surface area contributed by atoms with E-state index >= 15 is 4.39 Å². The maximum absolute atomic E-state index is 16.7. The average Bonchev–Trinajstić information content (AvgIpc) is 3.22. The standard InChI is InChI=1S/C30H33F5N4O4/c1-13(2)24-22-21(20-16-10-38(11-17(16)20)28(40)43-29(3,4)5)19-12-41-7-6-39(19)26(22)23(32)25(37-24)15-8-14(36)9-18(31)27(15)42-30(33,34)35/h8-9,13,16-17,20H,6-7,10-12,36H2,1-5H3. The Morgan fingerprint density at radius 1 is 1.14 bits per heavy atom. The molecule has 2 atom stereocenters. The third kappa shape index (κ3) is 5.15. The van der Waals surface area contributed by atoms with E-state index in [1.54, 1.807) is 9.47 Å². The molecule has 3 aromatic rings. The summed E-state index contributed by atoms with van der Waals surface area (Å²) >= 11 is 0. The first kappa shape index (κ1) is 29.5. The van der Waals surface area contributed by atoms with E-state index < -0.39 is 40.6 Å². The first-order valence-corrected chi connectivity index (χ1v) is 14.2. The van der Waals surface area contributed by atoms with E-state index in [9.17, 15) is 22.4 Å². The van der Waals surface area contributed by atoms with E-state index in [2.05, 4.69) is 9.72 Å². The second-order valence-corrected chi connectivity index (χ2v) is 12.8. The molecule has 4 heterocycles. The molecule has 232 valence electrons. The number of anilines is 1. The molecular weight excluding hydrogens is 575 g/mol. The molecule has 1 saturated carbocycles. The number of halogens is 5. The van der Waals surface area contributed by atoms with Gasteiger partial charge in [-0.15, -0.1) is 13.2 Å². The molecule has 0 radical (unpaired) electrons. The zero-order valence-electron chi connectivity index (χ0n) is 24.4. The minimum atomic E-state index is -5.23. The fourth-order valence-corrected chi connectivity index (χ4v) is 6.63. The Bertz CT molecular complexity index is 1620. The fraction of sp³-hybridized carbons (Fsp3) is 0.533. The van der Waals surface area contributed by atoms with Crippen molar-refractivity contribution in [2.24, 2.45) is 11.8 Å². The molecular formula is C30H33F5N4O4. The summed E-state index contributed by atoms with van der Waals surface area (Å²) in [6.45, 7) is 11.0. The molecule has 43 heavy (non-hydrogen) atoms. The van der Waals surface area contributed by atoms with Crippen molar-refractivity contribution in [2.45, 2.75) is 71.6 Å². The number of pyridine rings is 1. The number of fused-ring (bicyclic) bond motifs is 4. The van der Waals surface area contributed by atoms with Crippen molar-refractivity contribution in [2.75, 3.05) is 25.4 Å². The van der Waals surface area contributed by atoms with Crippen LogP contribution in [0.15, 0.2) is 12.1 Å². The second-order valence-electron chi connectivity index (χ2n) is 12.8. The number of ether oxygens (including phenoxy) is 3. The molecule has 13 heteroatoms. The van der Waals surface area contributed by atoms with Crippen molar-refractivity contribution >= 4 is 22.7 Å². The number of alkyl halides is 3. The van der Waals surface area contributed by atoms with Gasteiger partial charge in [0.15, 0.2) is 17.4 Å². The maximum Gasteiger partial charge on any atom is 0.573 e. The number of carbonyl (C=O) groups excluding carboxylic acids is 1. The van der Waals surface area contributed by atoms with Gasteiger partial charge in [-0.2, -0.15) is 0 Å². The number of nitrogen functional groups attached to an aromatic ring is 1. The van der Waals surface area contributed by atoms with Crippen molar-refractivity contribution in [3.8, 4) is 17.0 Å². The number of piperidine rings is 1. The van der Waals surface area contributed by atoms with Crippen molar-refractivity contribution < 1.29 is 41.0 Å². The van der Waals surface area contributed by atoms with Crippen LogP contribution < -0.4 is 10.5 Å². The molecule has 1 aromatic carbocycles. The highest BCUT2D eigenvalue weighted by molar-refractivity contribution is 5.93. The normalized spacial score (nSPS) is 21.7. The molecule has 3 aliphatic rings. The summed E-state index contributed by atoms with van der Waals surface area (Å²) in [6.07, 6.45) is -5.61. The predicted octanol–water partition coefficient (Wildman–Crippen LogP) is 6.70.